The second-order valence-electron chi connectivity index (χ2n) is 6.07. The van der Waals surface area contributed by atoms with Crippen molar-refractivity contribution in [1.82, 2.24) is 0 Å². The number of rotatable bonds is 5. The van der Waals surface area contributed by atoms with Crippen LogP contribution in [-0.4, -0.2) is 44.0 Å². The van der Waals surface area contributed by atoms with Gasteiger partial charge in [0.15, 0.2) is 19.0 Å². The van der Waals surface area contributed by atoms with Gasteiger partial charge in [0.05, 0.1) is 26.4 Å². The minimum atomic E-state index is 0.702. The van der Waals surface area contributed by atoms with Crippen LogP contribution in [-0.2, 0) is 11.9 Å². The third-order valence-electron chi connectivity index (χ3n) is 4.15. The Kier molecular flexibility index (Phi) is 5.53. The molecule has 0 radical (unpaired) electrons. The molecule has 4 heteroatoms. The number of aromatic nitrogens is 1. The summed E-state index contributed by atoms with van der Waals surface area (Å²) in [5, 5.41) is 4.07. The fourth-order valence-corrected chi connectivity index (χ4v) is 2.69. The number of nitrogens with zero attached hydrogens (tertiary/aromatic N) is 3. The largest absolute Gasteiger partial charge is 0.390 e. The molecule has 0 aliphatic carbocycles. The van der Waals surface area contributed by atoms with E-state index in [0.717, 1.165) is 16.6 Å². The van der Waals surface area contributed by atoms with Crippen molar-refractivity contribution in [3.8, 4) is 0 Å². The topological polar surface area (TPSA) is 25.5 Å². The molecular formula is C16H27N3O+2. The third kappa shape index (κ3) is 4.93. The van der Waals surface area contributed by atoms with Crippen LogP contribution in [0.25, 0.3) is 0 Å². The van der Waals surface area contributed by atoms with E-state index in [2.05, 4.69) is 12.2 Å². The van der Waals surface area contributed by atoms with Crippen molar-refractivity contribution in [2.45, 2.75) is 25.7 Å². The zero-order valence-electron chi connectivity index (χ0n) is 12.8. The molecule has 0 unspecified atom stereocenters. The molecule has 1 aliphatic rings. The van der Waals surface area contributed by atoms with Crippen LogP contribution in [0.1, 0.15) is 31.2 Å². The summed E-state index contributed by atoms with van der Waals surface area (Å²) in [5.41, 5.74) is 1.07. The first-order valence-corrected chi connectivity index (χ1v) is 7.62. The lowest BCUT2D eigenvalue weighted by Crippen LogP contribution is -2.46. The standard InChI is InChI=1S/C16H27N3O/c1-18-9-7-16(8-10-18)15-17-20-14-13-19(2)11-5-3-4-6-12-19/h7-10,15H,3-6,11-14H2,1-2H3/q+2/b17-15+. The van der Waals surface area contributed by atoms with Gasteiger partial charge in [-0.3, -0.25) is 0 Å². The zero-order valence-corrected chi connectivity index (χ0v) is 12.8. The summed E-state index contributed by atoms with van der Waals surface area (Å²) >= 11 is 0. The van der Waals surface area contributed by atoms with Crippen molar-refractivity contribution in [2.24, 2.45) is 12.2 Å². The first kappa shape index (κ1) is 15.0. The minimum Gasteiger partial charge on any atom is -0.390 e. The van der Waals surface area contributed by atoms with Gasteiger partial charge < -0.3 is 9.32 Å². The second-order valence-corrected chi connectivity index (χ2v) is 6.07. The Balaban J connectivity index is 1.71. The second kappa shape index (κ2) is 7.39. The van der Waals surface area contributed by atoms with E-state index in [9.17, 15) is 0 Å². The first-order valence-electron chi connectivity index (χ1n) is 7.62. The highest BCUT2D eigenvalue weighted by Crippen LogP contribution is 2.15. The number of oxime groups is 1. The van der Waals surface area contributed by atoms with Crippen molar-refractivity contribution in [2.75, 3.05) is 33.3 Å². The molecule has 1 aromatic rings. The summed E-state index contributed by atoms with van der Waals surface area (Å²) < 4.78 is 3.14. The van der Waals surface area contributed by atoms with Crippen molar-refractivity contribution < 1.29 is 13.9 Å². The van der Waals surface area contributed by atoms with E-state index >= 15 is 0 Å². The molecule has 1 saturated heterocycles. The van der Waals surface area contributed by atoms with Crippen molar-refractivity contribution >= 4 is 6.21 Å². The van der Waals surface area contributed by atoms with E-state index < -0.39 is 0 Å². The van der Waals surface area contributed by atoms with Gasteiger partial charge >= 0.3 is 0 Å². The molecule has 20 heavy (non-hydrogen) atoms. The molecular weight excluding hydrogens is 250 g/mol. The van der Waals surface area contributed by atoms with Crippen LogP contribution < -0.4 is 4.57 Å². The zero-order chi connectivity index (χ0) is 14.3. The summed E-state index contributed by atoms with van der Waals surface area (Å²) in [4.78, 5) is 5.42. The molecule has 1 aliphatic heterocycles. The van der Waals surface area contributed by atoms with E-state index in [1.807, 2.05) is 36.1 Å². The van der Waals surface area contributed by atoms with Crippen molar-refractivity contribution in [3.05, 3.63) is 30.1 Å². The number of hydrogen-bond donors (Lipinski definition) is 0. The van der Waals surface area contributed by atoms with Crippen LogP contribution >= 0.6 is 0 Å². The molecule has 2 heterocycles. The van der Waals surface area contributed by atoms with Gasteiger partial charge in [-0.15, -0.1) is 0 Å². The molecule has 0 saturated carbocycles. The van der Waals surface area contributed by atoms with Gasteiger partial charge in [-0.05, 0) is 25.7 Å². The van der Waals surface area contributed by atoms with Crippen molar-refractivity contribution in [1.29, 1.82) is 0 Å². The number of aryl methyl sites for hydroxylation is 1. The Bertz CT molecular complexity index is 420. The summed E-state index contributed by atoms with van der Waals surface area (Å²) in [7, 11) is 4.35. The molecule has 0 spiro atoms. The van der Waals surface area contributed by atoms with Crippen LogP contribution in [0.15, 0.2) is 29.7 Å². The fourth-order valence-electron chi connectivity index (χ4n) is 2.69. The van der Waals surface area contributed by atoms with Crippen molar-refractivity contribution in [3.63, 3.8) is 0 Å². The highest BCUT2D eigenvalue weighted by molar-refractivity contribution is 5.78. The molecule has 2 rings (SSSR count). The molecule has 4 nitrogen and oxygen atoms in total. The van der Waals surface area contributed by atoms with E-state index in [4.69, 9.17) is 4.84 Å². The van der Waals surface area contributed by atoms with Crippen LogP contribution in [0.3, 0.4) is 0 Å². The lowest BCUT2D eigenvalue weighted by molar-refractivity contribution is -0.909. The van der Waals surface area contributed by atoms with Gasteiger partial charge in [0, 0.05) is 17.7 Å². The van der Waals surface area contributed by atoms with E-state index in [1.54, 1.807) is 6.21 Å². The monoisotopic (exact) mass is 277 g/mol. The number of likely N-dealkylation sites (tertiary alicyclic amines) is 1. The third-order valence-corrected chi connectivity index (χ3v) is 4.15. The molecule has 110 valence electrons. The number of pyridine rings is 1. The van der Waals surface area contributed by atoms with Crippen LogP contribution in [0.2, 0.25) is 0 Å². The molecule has 0 amide bonds. The predicted octanol–water partition coefficient (Wildman–Crippen LogP) is 1.88. The van der Waals surface area contributed by atoms with Gasteiger partial charge in [0.25, 0.3) is 0 Å². The Morgan fingerprint density at radius 2 is 1.85 bits per heavy atom. The summed E-state index contributed by atoms with van der Waals surface area (Å²) in [6.07, 6.45) is 11.3. The van der Waals surface area contributed by atoms with Gasteiger partial charge in [-0.25, -0.2) is 4.57 Å². The maximum atomic E-state index is 5.42. The van der Waals surface area contributed by atoms with Gasteiger partial charge in [-0.2, -0.15) is 0 Å². The molecule has 0 N–H and O–H groups in total. The number of hydrogen-bond acceptors (Lipinski definition) is 2. The quantitative estimate of drug-likeness (QED) is 0.265. The van der Waals surface area contributed by atoms with Gasteiger partial charge in [0.1, 0.15) is 13.6 Å². The lowest BCUT2D eigenvalue weighted by Gasteiger charge is -2.32. The highest BCUT2D eigenvalue weighted by atomic mass is 16.6. The Labute approximate surface area is 122 Å². The van der Waals surface area contributed by atoms with E-state index in [1.165, 1.54) is 38.8 Å². The average molecular weight is 277 g/mol. The van der Waals surface area contributed by atoms with Crippen LogP contribution in [0.5, 0.6) is 0 Å². The highest BCUT2D eigenvalue weighted by Gasteiger charge is 2.22. The van der Waals surface area contributed by atoms with Gasteiger partial charge in [0.2, 0.25) is 0 Å². The summed E-state index contributed by atoms with van der Waals surface area (Å²) in [5.74, 6) is 0. The molecule has 0 aromatic carbocycles. The summed E-state index contributed by atoms with van der Waals surface area (Å²) in [6.45, 7) is 4.32. The maximum absolute atomic E-state index is 5.42. The molecule has 0 atom stereocenters. The van der Waals surface area contributed by atoms with Crippen LogP contribution in [0.4, 0.5) is 0 Å². The molecule has 1 aromatic heterocycles. The SMILES string of the molecule is C[n+]1ccc(/C=N/OCC[N+]2(C)CCCCCC2)cc1. The summed E-state index contributed by atoms with van der Waals surface area (Å²) in [6, 6.07) is 4.05. The normalized spacial score (nSPS) is 18.9. The van der Waals surface area contributed by atoms with E-state index in [-0.39, 0.29) is 0 Å². The average Bonchev–Trinajstić information content (AvgIpc) is 2.66. The maximum Gasteiger partial charge on any atom is 0.169 e. The molecule has 0 bridgehead atoms. The molecule has 1 fully saturated rings. The Morgan fingerprint density at radius 3 is 2.50 bits per heavy atom. The van der Waals surface area contributed by atoms with Crippen LogP contribution in [0, 0.1) is 0 Å². The number of quaternary nitrogens is 1. The van der Waals surface area contributed by atoms with Gasteiger partial charge in [-0.1, -0.05) is 5.16 Å². The Hall–Kier alpha value is -1.42. The predicted molar refractivity (Wildman–Crippen MR) is 80.4 cm³/mol. The number of likely N-dealkylation sites (N-methyl/N-ethyl adjacent to an activating group) is 1. The fraction of sp³-hybridized carbons (Fsp3) is 0.625. The Morgan fingerprint density at radius 1 is 1.20 bits per heavy atom. The minimum absolute atomic E-state index is 0.702. The first-order chi connectivity index (χ1) is 9.68. The lowest BCUT2D eigenvalue weighted by atomic mass is 10.2. The van der Waals surface area contributed by atoms with E-state index in [0.29, 0.717) is 6.61 Å². The smallest absolute Gasteiger partial charge is 0.169 e.